The number of carboxylic acid groups (broad SMARTS) is 4. The lowest BCUT2D eigenvalue weighted by atomic mass is 10.1. The maximum atomic E-state index is 13.3. The number of hydrogen-bond donors (Lipinski definition) is 14. The SMILES string of the molecule is NC(N)=NCCCC(NC(=O)CC1=CC=C(c2ccc(-c3ccc(-c4ccc(CC(=O)NC(CCCN=C(N)N)C(=O)NCC(=O)NC(CC(=O)O)C(=O)O)s4)s3)s2)C1)C(=O)NCC(=O)NC(CC(=O)O)C(=O)O. The molecular weight excluding hydrogens is 1030 g/mol. The minimum Gasteiger partial charge on any atom is -0.481 e. The maximum absolute atomic E-state index is 13.3. The first-order valence-corrected chi connectivity index (χ1v) is 24.9. The van der Waals surface area contributed by atoms with Crippen LogP contribution in [0.5, 0.6) is 0 Å². The summed E-state index contributed by atoms with van der Waals surface area (Å²) < 4.78 is 0. The zero-order chi connectivity index (χ0) is 54.5. The Balaban J connectivity index is 1.31. The molecule has 4 atom stereocenters. The van der Waals surface area contributed by atoms with Crippen LogP contribution < -0.4 is 54.8 Å². The van der Waals surface area contributed by atoms with Gasteiger partial charge in [-0.3, -0.25) is 48.3 Å². The number of guanidine groups is 2. The number of thiophene rings is 3. The molecular formula is C45H56N12O14S3. The highest BCUT2D eigenvalue weighted by atomic mass is 32.1. The third-order valence-electron chi connectivity index (χ3n) is 10.4. The van der Waals surface area contributed by atoms with Gasteiger partial charge in [0.1, 0.15) is 24.2 Å². The zero-order valence-corrected chi connectivity index (χ0v) is 41.9. The molecule has 6 amide bonds. The lowest BCUT2D eigenvalue weighted by Gasteiger charge is -2.19. The van der Waals surface area contributed by atoms with Gasteiger partial charge in [0.25, 0.3) is 0 Å². The van der Waals surface area contributed by atoms with Crippen molar-refractivity contribution in [2.75, 3.05) is 26.2 Å². The highest BCUT2D eigenvalue weighted by Crippen LogP contribution is 2.42. The van der Waals surface area contributed by atoms with Crippen LogP contribution in [-0.4, -0.2) is 142 Å². The van der Waals surface area contributed by atoms with Gasteiger partial charge < -0.3 is 75.3 Å². The summed E-state index contributed by atoms with van der Waals surface area (Å²) in [6.45, 7) is -1.07. The van der Waals surface area contributed by atoms with Gasteiger partial charge in [-0.2, -0.15) is 0 Å². The Hall–Kier alpha value is -8.18. The van der Waals surface area contributed by atoms with Crippen molar-refractivity contribution < 1.29 is 68.4 Å². The van der Waals surface area contributed by atoms with E-state index in [1.54, 1.807) is 28.7 Å². The number of nitrogens with zero attached hydrogens (tertiary/aromatic N) is 2. The second kappa shape index (κ2) is 28.8. The highest BCUT2D eigenvalue weighted by molar-refractivity contribution is 7.26. The van der Waals surface area contributed by atoms with Gasteiger partial charge in [-0.05, 0) is 74.1 Å². The molecule has 0 saturated carbocycles. The minimum atomic E-state index is -1.72. The summed E-state index contributed by atoms with van der Waals surface area (Å²) in [6, 6.07) is 5.94. The molecule has 3 aromatic rings. The van der Waals surface area contributed by atoms with Gasteiger partial charge in [-0.15, -0.1) is 34.0 Å². The van der Waals surface area contributed by atoms with Crippen molar-refractivity contribution in [3.8, 4) is 19.5 Å². The van der Waals surface area contributed by atoms with Crippen molar-refractivity contribution in [2.45, 2.75) is 82.0 Å². The van der Waals surface area contributed by atoms with Crippen LogP contribution in [0.4, 0.5) is 0 Å². The zero-order valence-electron chi connectivity index (χ0n) is 39.4. The Morgan fingerprint density at radius 3 is 1.36 bits per heavy atom. The first-order chi connectivity index (χ1) is 35.1. The second-order valence-corrected chi connectivity index (χ2v) is 19.7. The van der Waals surface area contributed by atoms with Gasteiger partial charge in [-0.25, -0.2) is 9.59 Å². The molecule has 1 aliphatic rings. The van der Waals surface area contributed by atoms with E-state index in [1.165, 1.54) is 11.3 Å². The highest BCUT2D eigenvalue weighted by Gasteiger charge is 2.28. The molecule has 18 N–H and O–H groups in total. The van der Waals surface area contributed by atoms with Gasteiger partial charge in [-0.1, -0.05) is 17.7 Å². The molecule has 0 bridgehead atoms. The molecule has 4 unspecified atom stereocenters. The van der Waals surface area contributed by atoms with E-state index in [9.17, 15) is 58.2 Å². The number of carbonyl (C=O) groups is 10. The summed E-state index contributed by atoms with van der Waals surface area (Å²) in [6.07, 6.45) is 3.06. The molecule has 0 saturated heterocycles. The van der Waals surface area contributed by atoms with Gasteiger partial charge in [0.2, 0.25) is 35.4 Å². The van der Waals surface area contributed by atoms with E-state index in [0.29, 0.717) is 11.3 Å². The lowest BCUT2D eigenvalue weighted by Crippen LogP contribution is -2.51. The van der Waals surface area contributed by atoms with E-state index in [2.05, 4.69) is 31.3 Å². The van der Waals surface area contributed by atoms with Crippen LogP contribution >= 0.6 is 34.0 Å². The Morgan fingerprint density at radius 2 is 0.919 bits per heavy atom. The van der Waals surface area contributed by atoms with Crippen LogP contribution in [0.3, 0.4) is 0 Å². The van der Waals surface area contributed by atoms with Crippen LogP contribution in [0, 0.1) is 0 Å². The molecule has 4 rings (SSSR count). The number of aliphatic carboxylic acids is 4. The number of amides is 6. The Labute approximate surface area is 433 Å². The van der Waals surface area contributed by atoms with Crippen molar-refractivity contribution in [3.05, 3.63) is 63.9 Å². The van der Waals surface area contributed by atoms with E-state index < -0.39 is 109 Å². The molecule has 0 aliphatic heterocycles. The van der Waals surface area contributed by atoms with Crippen LogP contribution in [0.2, 0.25) is 0 Å². The van der Waals surface area contributed by atoms with E-state index in [4.69, 9.17) is 33.1 Å². The molecule has 398 valence electrons. The van der Waals surface area contributed by atoms with Crippen molar-refractivity contribution in [3.63, 3.8) is 0 Å². The van der Waals surface area contributed by atoms with Crippen LogP contribution in [-0.2, 0) is 54.4 Å². The number of nitrogens with two attached hydrogens (primary N) is 4. The van der Waals surface area contributed by atoms with Crippen LogP contribution in [0.15, 0.2) is 64.1 Å². The third-order valence-corrected chi connectivity index (χ3v) is 14.1. The van der Waals surface area contributed by atoms with E-state index in [-0.39, 0.29) is 63.5 Å². The summed E-state index contributed by atoms with van der Waals surface area (Å²) >= 11 is 4.49. The quantitative estimate of drug-likeness (QED) is 0.0214. The smallest absolute Gasteiger partial charge is 0.326 e. The van der Waals surface area contributed by atoms with Crippen molar-refractivity contribution in [1.82, 2.24) is 31.9 Å². The van der Waals surface area contributed by atoms with Gasteiger partial charge in [0.05, 0.1) is 32.4 Å². The number of rotatable bonds is 31. The minimum absolute atomic E-state index is 0.0436. The molecule has 0 fully saturated rings. The summed E-state index contributed by atoms with van der Waals surface area (Å²) in [5.41, 5.74) is 23.3. The van der Waals surface area contributed by atoms with E-state index in [0.717, 1.165) is 35.5 Å². The summed E-state index contributed by atoms with van der Waals surface area (Å²) in [5.74, 6) is -10.7. The predicted molar refractivity (Wildman–Crippen MR) is 273 cm³/mol. The fourth-order valence-corrected chi connectivity index (χ4v) is 10.2. The number of aliphatic imine (C=N–C) groups is 2. The molecule has 0 radical (unpaired) electrons. The number of carboxylic acids is 4. The first-order valence-electron chi connectivity index (χ1n) is 22.5. The van der Waals surface area contributed by atoms with Gasteiger partial charge in [0.15, 0.2) is 11.9 Å². The molecule has 3 aromatic heterocycles. The summed E-state index contributed by atoms with van der Waals surface area (Å²) in [5, 5.41) is 50.4. The standard InChI is InChI=1S/C45H56N12O14S3/c46-44(47)50-13-1-3-25(40(66)52-20-36(60)56-27(42(68)69)18-38(62)63)54-34(58)16-22-5-6-23(15-22)29-9-10-32(73-29)33-12-11-31(74-33)30-8-7-24(72-30)17-35(59)55-26(4-2-14-51-45(48)49)41(67)53-21-37(61)57-28(43(70)71)19-39(64)65/h5-12,25-28H,1-4,13-21H2,(H,52,66)(H,53,67)(H,54,58)(H,55,59)(H,56,60)(H,57,61)(H,62,63)(H,64,65)(H,68,69)(H,70,71)(H4,46,47,50)(H4,48,49,51). The molecule has 0 aromatic carbocycles. The molecule has 26 nitrogen and oxygen atoms in total. The average Bonchev–Trinajstić information content (AvgIpc) is 4.17. The molecule has 74 heavy (non-hydrogen) atoms. The topological polar surface area (TPSA) is 453 Å². The fraction of sp³-hybridized carbons (Fsp3) is 0.378. The Bertz CT molecular complexity index is 2700. The first kappa shape index (κ1) is 58.4. The Kier molecular flexibility index (Phi) is 22.7. The largest absolute Gasteiger partial charge is 0.481 e. The number of carbonyl (C=O) groups excluding carboxylic acids is 6. The molecule has 3 heterocycles. The predicted octanol–water partition coefficient (Wildman–Crippen LogP) is -0.751. The normalized spacial score (nSPS) is 13.3. The van der Waals surface area contributed by atoms with Crippen LogP contribution in [0.1, 0.15) is 61.1 Å². The summed E-state index contributed by atoms with van der Waals surface area (Å²) in [7, 11) is 0. The maximum Gasteiger partial charge on any atom is 0.326 e. The number of allylic oxidation sites excluding steroid dienone is 3. The molecule has 1 aliphatic carbocycles. The van der Waals surface area contributed by atoms with Gasteiger partial charge in [0, 0.05) is 48.8 Å². The second-order valence-electron chi connectivity index (χ2n) is 16.3. The van der Waals surface area contributed by atoms with Crippen molar-refractivity contribution in [1.29, 1.82) is 0 Å². The molecule has 29 heteroatoms. The van der Waals surface area contributed by atoms with Crippen molar-refractivity contribution in [2.24, 2.45) is 32.9 Å². The third kappa shape index (κ3) is 20.1. The molecule has 0 spiro atoms. The summed E-state index contributed by atoms with van der Waals surface area (Å²) in [4.78, 5) is 135. The van der Waals surface area contributed by atoms with E-state index in [1.807, 2.05) is 53.1 Å². The van der Waals surface area contributed by atoms with Crippen molar-refractivity contribution >= 4 is 111 Å². The van der Waals surface area contributed by atoms with Gasteiger partial charge >= 0.3 is 23.9 Å². The fourth-order valence-electron chi connectivity index (χ4n) is 6.94. The van der Waals surface area contributed by atoms with Crippen LogP contribution in [0.25, 0.3) is 25.1 Å². The lowest BCUT2D eigenvalue weighted by molar-refractivity contribution is -0.147. The average molecular weight is 1090 g/mol. The number of nitrogens with one attached hydrogen (secondary N) is 6. The monoisotopic (exact) mass is 1080 g/mol. The van der Waals surface area contributed by atoms with E-state index >= 15 is 0 Å². The number of hydrogen-bond acceptors (Lipinski definition) is 15. The Morgan fingerprint density at radius 1 is 0.514 bits per heavy atom.